The van der Waals surface area contributed by atoms with Gasteiger partial charge in [-0.1, -0.05) is 59.3 Å². The first kappa shape index (κ1) is 15.9. The summed E-state index contributed by atoms with van der Waals surface area (Å²) < 4.78 is 1.33. The highest BCUT2D eigenvalue weighted by Crippen LogP contribution is 2.34. The van der Waals surface area contributed by atoms with Crippen molar-refractivity contribution in [1.82, 2.24) is 4.57 Å². The molecule has 6 heteroatoms. The van der Waals surface area contributed by atoms with Crippen LogP contribution in [0, 0.1) is 0 Å². The lowest BCUT2D eigenvalue weighted by molar-refractivity contribution is 0.420. The van der Waals surface area contributed by atoms with Gasteiger partial charge in [-0.2, -0.15) is 0 Å². The van der Waals surface area contributed by atoms with Crippen LogP contribution in [0.3, 0.4) is 0 Å². The zero-order chi connectivity index (χ0) is 17.4. The summed E-state index contributed by atoms with van der Waals surface area (Å²) in [5, 5.41) is 11.1. The number of aliphatic imine (C=N–C) groups is 1. The number of rotatable bonds is 3. The van der Waals surface area contributed by atoms with Crippen LogP contribution < -0.4 is 4.87 Å². The lowest BCUT2D eigenvalue weighted by Gasteiger charge is -2.06. The molecule has 1 aliphatic heterocycles. The number of benzene rings is 2. The molecule has 0 unspecified atom stereocenters. The highest BCUT2D eigenvalue weighted by molar-refractivity contribution is 7.10. The van der Waals surface area contributed by atoms with E-state index in [2.05, 4.69) is 4.99 Å². The first-order chi connectivity index (χ1) is 12.1. The van der Waals surface area contributed by atoms with Crippen LogP contribution in [0.15, 0.2) is 58.3 Å². The SMILES string of the molecule is O=c1sc(/C=C2\C=Nc3ccccc32)c(O)n1Cc1ccccc1Cl. The molecule has 0 aliphatic carbocycles. The van der Waals surface area contributed by atoms with Crippen molar-refractivity contribution in [1.29, 1.82) is 0 Å². The topological polar surface area (TPSA) is 54.6 Å². The molecule has 0 atom stereocenters. The zero-order valence-electron chi connectivity index (χ0n) is 13.0. The normalized spacial score (nSPS) is 14.2. The van der Waals surface area contributed by atoms with Gasteiger partial charge in [-0.3, -0.25) is 14.4 Å². The molecule has 1 aromatic heterocycles. The van der Waals surface area contributed by atoms with E-state index in [-0.39, 0.29) is 17.3 Å². The van der Waals surface area contributed by atoms with Crippen molar-refractivity contribution < 1.29 is 5.11 Å². The van der Waals surface area contributed by atoms with Crippen LogP contribution in [0.4, 0.5) is 5.69 Å². The van der Waals surface area contributed by atoms with Gasteiger partial charge in [-0.05, 0) is 23.8 Å². The van der Waals surface area contributed by atoms with Gasteiger partial charge in [-0.15, -0.1) is 0 Å². The second kappa shape index (κ2) is 6.35. The molecule has 0 saturated heterocycles. The summed E-state index contributed by atoms with van der Waals surface area (Å²) >= 11 is 7.16. The van der Waals surface area contributed by atoms with E-state index >= 15 is 0 Å². The smallest absolute Gasteiger partial charge is 0.310 e. The molecule has 0 radical (unpaired) electrons. The van der Waals surface area contributed by atoms with Gasteiger partial charge in [0.05, 0.1) is 17.1 Å². The van der Waals surface area contributed by atoms with Crippen LogP contribution >= 0.6 is 22.9 Å². The number of fused-ring (bicyclic) bond motifs is 1. The fourth-order valence-corrected chi connectivity index (χ4v) is 3.77. The van der Waals surface area contributed by atoms with Gasteiger partial charge in [0.25, 0.3) is 0 Å². The van der Waals surface area contributed by atoms with E-state index in [1.54, 1.807) is 18.4 Å². The molecule has 3 aromatic rings. The molecule has 124 valence electrons. The number of hydrogen-bond acceptors (Lipinski definition) is 4. The molecule has 1 aliphatic rings. The number of nitrogens with zero attached hydrogens (tertiary/aromatic N) is 2. The van der Waals surface area contributed by atoms with Crippen LogP contribution in [0.25, 0.3) is 11.6 Å². The first-order valence-corrected chi connectivity index (χ1v) is 8.84. The van der Waals surface area contributed by atoms with Crippen molar-refractivity contribution >= 4 is 46.5 Å². The Morgan fingerprint density at radius 2 is 1.92 bits per heavy atom. The number of para-hydroxylation sites is 1. The van der Waals surface area contributed by atoms with Crippen molar-refractivity contribution in [2.45, 2.75) is 6.54 Å². The monoisotopic (exact) mass is 368 g/mol. The quantitative estimate of drug-likeness (QED) is 0.736. The van der Waals surface area contributed by atoms with Crippen molar-refractivity contribution in [2.75, 3.05) is 0 Å². The third-order valence-corrected chi connectivity index (χ3v) is 5.31. The molecular formula is C19H13ClN2O2S. The lowest BCUT2D eigenvalue weighted by Crippen LogP contribution is -2.13. The fourth-order valence-electron chi connectivity index (χ4n) is 2.74. The molecule has 0 bridgehead atoms. The molecule has 2 heterocycles. The van der Waals surface area contributed by atoms with Gasteiger partial charge in [0, 0.05) is 22.4 Å². The van der Waals surface area contributed by atoms with Crippen LogP contribution in [0.5, 0.6) is 5.88 Å². The number of halogens is 1. The molecule has 0 spiro atoms. The molecule has 4 rings (SSSR count). The fraction of sp³-hybridized carbons (Fsp3) is 0.0526. The summed E-state index contributed by atoms with van der Waals surface area (Å²) in [6.45, 7) is 0.231. The predicted octanol–water partition coefficient (Wildman–Crippen LogP) is 4.57. The second-order valence-electron chi connectivity index (χ2n) is 5.61. The Kier molecular flexibility index (Phi) is 4.03. The Morgan fingerprint density at radius 3 is 2.76 bits per heavy atom. The van der Waals surface area contributed by atoms with E-state index in [1.807, 2.05) is 42.5 Å². The van der Waals surface area contributed by atoms with E-state index in [0.29, 0.717) is 9.90 Å². The van der Waals surface area contributed by atoms with E-state index in [0.717, 1.165) is 33.7 Å². The minimum Gasteiger partial charge on any atom is -0.493 e. The van der Waals surface area contributed by atoms with Crippen LogP contribution in [0.1, 0.15) is 16.0 Å². The number of hydrogen-bond donors (Lipinski definition) is 1. The summed E-state index contributed by atoms with van der Waals surface area (Å²) in [7, 11) is 0. The van der Waals surface area contributed by atoms with Crippen molar-refractivity contribution in [3.8, 4) is 5.88 Å². The number of aromatic nitrogens is 1. The van der Waals surface area contributed by atoms with E-state index in [9.17, 15) is 9.90 Å². The van der Waals surface area contributed by atoms with E-state index in [1.165, 1.54) is 4.57 Å². The Hall–Kier alpha value is -2.63. The minimum absolute atomic E-state index is 0.0554. The standard InChI is InChI=1S/C19H13ClN2O2S/c20-15-7-3-1-5-12(15)11-22-18(23)17(25-19(22)24)9-13-10-21-16-8-4-2-6-14(13)16/h1-10,23H,11H2/b13-9+. The highest BCUT2D eigenvalue weighted by Gasteiger charge is 2.17. The molecule has 0 saturated carbocycles. The average Bonchev–Trinajstić information content (AvgIpc) is 3.13. The summed E-state index contributed by atoms with van der Waals surface area (Å²) in [6.07, 6.45) is 3.53. The summed E-state index contributed by atoms with van der Waals surface area (Å²) in [5.41, 5.74) is 3.53. The number of aromatic hydroxyl groups is 1. The maximum absolute atomic E-state index is 12.3. The molecule has 25 heavy (non-hydrogen) atoms. The largest absolute Gasteiger partial charge is 0.493 e. The summed E-state index contributed by atoms with van der Waals surface area (Å²) in [5.74, 6) is -0.0554. The first-order valence-electron chi connectivity index (χ1n) is 7.64. The minimum atomic E-state index is -0.229. The predicted molar refractivity (Wildman–Crippen MR) is 103 cm³/mol. The van der Waals surface area contributed by atoms with E-state index in [4.69, 9.17) is 11.6 Å². The van der Waals surface area contributed by atoms with E-state index < -0.39 is 0 Å². The van der Waals surface area contributed by atoms with Crippen LogP contribution in [-0.4, -0.2) is 15.9 Å². The van der Waals surface area contributed by atoms with Gasteiger partial charge < -0.3 is 5.11 Å². The molecule has 2 aromatic carbocycles. The van der Waals surface area contributed by atoms with Gasteiger partial charge in [0.1, 0.15) is 0 Å². The van der Waals surface area contributed by atoms with Gasteiger partial charge in [0.2, 0.25) is 5.88 Å². The Balaban J connectivity index is 1.72. The Bertz CT molecular complexity index is 1080. The zero-order valence-corrected chi connectivity index (χ0v) is 14.6. The average molecular weight is 369 g/mol. The van der Waals surface area contributed by atoms with Crippen molar-refractivity contribution in [2.24, 2.45) is 4.99 Å². The van der Waals surface area contributed by atoms with Crippen LogP contribution in [-0.2, 0) is 6.54 Å². The Morgan fingerprint density at radius 1 is 1.16 bits per heavy atom. The molecule has 0 fully saturated rings. The summed E-state index contributed by atoms with van der Waals surface area (Å²) in [6, 6.07) is 15.0. The lowest BCUT2D eigenvalue weighted by atomic mass is 10.1. The number of allylic oxidation sites excluding steroid dienone is 1. The third kappa shape index (κ3) is 2.92. The maximum Gasteiger partial charge on any atom is 0.310 e. The highest BCUT2D eigenvalue weighted by atomic mass is 35.5. The molecule has 0 amide bonds. The maximum atomic E-state index is 12.3. The van der Waals surface area contributed by atoms with Gasteiger partial charge in [0.15, 0.2) is 0 Å². The van der Waals surface area contributed by atoms with Gasteiger partial charge in [-0.25, -0.2) is 0 Å². The third-order valence-electron chi connectivity index (χ3n) is 4.02. The number of thiazole rings is 1. The summed E-state index contributed by atoms with van der Waals surface area (Å²) in [4.78, 5) is 16.9. The second-order valence-corrected chi connectivity index (χ2v) is 7.01. The molecular weight excluding hydrogens is 356 g/mol. The van der Waals surface area contributed by atoms with Crippen molar-refractivity contribution in [3.63, 3.8) is 0 Å². The molecule has 1 N–H and O–H groups in total. The van der Waals surface area contributed by atoms with Crippen LogP contribution in [0.2, 0.25) is 5.02 Å². The van der Waals surface area contributed by atoms with Gasteiger partial charge >= 0.3 is 4.87 Å². The van der Waals surface area contributed by atoms with Crippen molar-refractivity contribution in [3.05, 3.63) is 79.2 Å². The Labute approximate surface area is 153 Å². The molecule has 4 nitrogen and oxygen atoms in total.